The Labute approximate surface area is 103 Å². The third kappa shape index (κ3) is 3.14. The normalized spacial score (nSPS) is 18.8. The molecule has 3 nitrogen and oxygen atoms in total. The zero-order valence-electron chi connectivity index (χ0n) is 9.67. The number of benzene rings is 1. The first-order chi connectivity index (χ1) is 8.47. The van der Waals surface area contributed by atoms with Gasteiger partial charge in [-0.25, -0.2) is 0 Å². The monoisotopic (exact) mass is 261 g/mol. The van der Waals surface area contributed by atoms with Gasteiger partial charge < -0.3 is 10.5 Å². The van der Waals surface area contributed by atoms with Crippen molar-refractivity contribution in [2.75, 3.05) is 13.2 Å². The van der Waals surface area contributed by atoms with Gasteiger partial charge in [-0.1, -0.05) is 12.1 Å². The summed E-state index contributed by atoms with van der Waals surface area (Å²) >= 11 is 0. The molecule has 1 aliphatic carbocycles. The average molecular weight is 261 g/mol. The van der Waals surface area contributed by atoms with Gasteiger partial charge in [-0.3, -0.25) is 4.74 Å². The van der Waals surface area contributed by atoms with E-state index in [4.69, 9.17) is 10.5 Å². The molecule has 0 aromatic heterocycles. The van der Waals surface area contributed by atoms with Crippen molar-refractivity contribution < 1.29 is 22.6 Å². The van der Waals surface area contributed by atoms with E-state index in [0.717, 1.165) is 24.0 Å². The fourth-order valence-electron chi connectivity index (χ4n) is 2.10. The Morgan fingerprint density at radius 2 is 2.06 bits per heavy atom. The van der Waals surface area contributed by atoms with Gasteiger partial charge in [-0.2, -0.15) is 0 Å². The fourth-order valence-corrected chi connectivity index (χ4v) is 2.10. The summed E-state index contributed by atoms with van der Waals surface area (Å²) in [5.74, 6) is 0.603. The second-order valence-electron chi connectivity index (χ2n) is 4.11. The Morgan fingerprint density at radius 3 is 2.78 bits per heavy atom. The van der Waals surface area contributed by atoms with Gasteiger partial charge in [0.2, 0.25) is 0 Å². The maximum atomic E-state index is 11.8. The number of halogens is 3. The maximum absolute atomic E-state index is 11.8. The summed E-state index contributed by atoms with van der Waals surface area (Å²) in [4.78, 5) is 0. The highest BCUT2D eigenvalue weighted by atomic mass is 19.4. The van der Waals surface area contributed by atoms with Crippen molar-refractivity contribution in [3.8, 4) is 5.75 Å². The number of nitrogens with two attached hydrogens (primary N) is 1. The molecule has 0 radical (unpaired) electrons. The van der Waals surface area contributed by atoms with E-state index in [-0.39, 0.29) is 12.6 Å². The van der Waals surface area contributed by atoms with E-state index in [2.05, 4.69) is 4.74 Å². The van der Waals surface area contributed by atoms with Crippen molar-refractivity contribution in [3.05, 3.63) is 29.3 Å². The molecule has 6 heteroatoms. The van der Waals surface area contributed by atoms with Crippen molar-refractivity contribution in [2.45, 2.75) is 25.2 Å². The largest absolute Gasteiger partial charge is 0.522 e. The van der Waals surface area contributed by atoms with Crippen LogP contribution in [-0.2, 0) is 11.2 Å². The maximum Gasteiger partial charge on any atom is 0.522 e. The first kappa shape index (κ1) is 13.2. The van der Waals surface area contributed by atoms with Crippen LogP contribution in [0.5, 0.6) is 5.75 Å². The first-order valence-corrected chi connectivity index (χ1v) is 5.68. The molecule has 1 unspecified atom stereocenters. The smallest absolute Gasteiger partial charge is 0.491 e. The molecule has 0 spiro atoms. The van der Waals surface area contributed by atoms with E-state index in [0.29, 0.717) is 5.75 Å². The van der Waals surface area contributed by atoms with Crippen molar-refractivity contribution in [1.82, 2.24) is 0 Å². The number of fused-ring (bicyclic) bond motifs is 1. The lowest BCUT2D eigenvalue weighted by atomic mass is 10.1. The molecule has 1 atom stereocenters. The molecule has 0 saturated heterocycles. The fraction of sp³-hybridized carbons (Fsp3) is 0.500. The molecule has 0 bridgehead atoms. The number of alkyl halides is 3. The molecule has 0 amide bonds. The summed E-state index contributed by atoms with van der Waals surface area (Å²) in [6.45, 7) is -0.648. The molecule has 1 aliphatic rings. The zero-order chi connectivity index (χ0) is 13.2. The van der Waals surface area contributed by atoms with Gasteiger partial charge in [0.1, 0.15) is 12.4 Å². The lowest BCUT2D eigenvalue weighted by Crippen LogP contribution is -2.18. The summed E-state index contributed by atoms with van der Waals surface area (Å²) in [5, 5.41) is 0. The van der Waals surface area contributed by atoms with Crippen LogP contribution in [0.15, 0.2) is 18.2 Å². The quantitative estimate of drug-likeness (QED) is 0.847. The Hall–Kier alpha value is -1.27. The SMILES string of the molecule is NC1CCc2c(OCCOC(F)(F)F)cccc21. The zero-order valence-corrected chi connectivity index (χ0v) is 9.67. The molecule has 1 aromatic rings. The summed E-state index contributed by atoms with van der Waals surface area (Å²) in [6.07, 6.45) is -2.97. The standard InChI is InChI=1S/C12H14F3NO2/c13-12(14,15)18-7-6-17-11-3-1-2-8-9(11)4-5-10(8)16/h1-3,10H,4-7,16H2. The molecule has 18 heavy (non-hydrogen) atoms. The van der Waals surface area contributed by atoms with Crippen LogP contribution in [0.25, 0.3) is 0 Å². The van der Waals surface area contributed by atoms with Gasteiger partial charge in [0, 0.05) is 6.04 Å². The Kier molecular flexibility index (Phi) is 3.77. The van der Waals surface area contributed by atoms with Gasteiger partial charge in [0.25, 0.3) is 0 Å². The van der Waals surface area contributed by atoms with Crippen LogP contribution in [0.3, 0.4) is 0 Å². The summed E-state index contributed by atoms with van der Waals surface area (Å²) in [5.41, 5.74) is 7.91. The van der Waals surface area contributed by atoms with Gasteiger partial charge >= 0.3 is 6.36 Å². The van der Waals surface area contributed by atoms with Gasteiger partial charge in [0.05, 0.1) is 6.61 Å². The number of hydrogen-bond donors (Lipinski definition) is 1. The van der Waals surface area contributed by atoms with E-state index in [1.807, 2.05) is 6.07 Å². The topological polar surface area (TPSA) is 44.5 Å². The number of hydrogen-bond acceptors (Lipinski definition) is 3. The molecule has 1 aromatic carbocycles. The predicted octanol–water partition coefficient (Wildman–Crippen LogP) is 2.55. The minimum absolute atomic E-state index is 0.00465. The van der Waals surface area contributed by atoms with Gasteiger partial charge in [0.15, 0.2) is 0 Å². The average Bonchev–Trinajstić information content (AvgIpc) is 2.67. The van der Waals surface area contributed by atoms with Crippen LogP contribution in [-0.4, -0.2) is 19.6 Å². The molecule has 0 aliphatic heterocycles. The minimum Gasteiger partial charge on any atom is -0.491 e. The van der Waals surface area contributed by atoms with E-state index in [9.17, 15) is 13.2 Å². The predicted molar refractivity (Wildman–Crippen MR) is 59.2 cm³/mol. The lowest BCUT2D eigenvalue weighted by molar-refractivity contribution is -0.325. The minimum atomic E-state index is -4.61. The highest BCUT2D eigenvalue weighted by Gasteiger charge is 2.29. The summed E-state index contributed by atoms with van der Waals surface area (Å²) in [7, 11) is 0. The molecule has 0 fully saturated rings. The molecule has 2 N–H and O–H groups in total. The molecular weight excluding hydrogens is 247 g/mol. The lowest BCUT2D eigenvalue weighted by Gasteiger charge is -2.12. The molecular formula is C12H14F3NO2. The number of ether oxygens (including phenoxy) is 2. The van der Waals surface area contributed by atoms with Crippen molar-refractivity contribution in [3.63, 3.8) is 0 Å². The second kappa shape index (κ2) is 5.16. The molecule has 0 heterocycles. The summed E-state index contributed by atoms with van der Waals surface area (Å²) < 4.78 is 44.2. The Morgan fingerprint density at radius 1 is 1.28 bits per heavy atom. The van der Waals surface area contributed by atoms with Crippen LogP contribution >= 0.6 is 0 Å². The van der Waals surface area contributed by atoms with Crippen LogP contribution < -0.4 is 10.5 Å². The molecule has 100 valence electrons. The van der Waals surface area contributed by atoms with Crippen molar-refractivity contribution in [1.29, 1.82) is 0 Å². The first-order valence-electron chi connectivity index (χ1n) is 5.68. The summed E-state index contributed by atoms with van der Waals surface area (Å²) in [6, 6.07) is 5.45. The van der Waals surface area contributed by atoms with Crippen LogP contribution in [0, 0.1) is 0 Å². The molecule has 2 rings (SSSR count). The van der Waals surface area contributed by atoms with Gasteiger partial charge in [-0.05, 0) is 30.0 Å². The van der Waals surface area contributed by atoms with Gasteiger partial charge in [-0.15, -0.1) is 13.2 Å². The van der Waals surface area contributed by atoms with E-state index in [1.165, 1.54) is 0 Å². The third-order valence-electron chi connectivity index (χ3n) is 2.88. The van der Waals surface area contributed by atoms with E-state index < -0.39 is 13.0 Å². The third-order valence-corrected chi connectivity index (χ3v) is 2.88. The Bertz CT molecular complexity index is 420. The van der Waals surface area contributed by atoms with E-state index >= 15 is 0 Å². The highest BCUT2D eigenvalue weighted by molar-refractivity contribution is 5.44. The van der Waals surface area contributed by atoms with Crippen LogP contribution in [0.4, 0.5) is 13.2 Å². The van der Waals surface area contributed by atoms with Crippen molar-refractivity contribution in [2.24, 2.45) is 5.73 Å². The number of rotatable bonds is 4. The van der Waals surface area contributed by atoms with Crippen LogP contribution in [0.1, 0.15) is 23.6 Å². The Balaban J connectivity index is 1.91. The van der Waals surface area contributed by atoms with E-state index in [1.54, 1.807) is 12.1 Å². The highest BCUT2D eigenvalue weighted by Crippen LogP contribution is 2.35. The van der Waals surface area contributed by atoms with Crippen molar-refractivity contribution >= 4 is 0 Å². The molecule has 0 saturated carbocycles. The van der Waals surface area contributed by atoms with Crippen LogP contribution in [0.2, 0.25) is 0 Å². The second-order valence-corrected chi connectivity index (χ2v) is 4.11.